The summed E-state index contributed by atoms with van der Waals surface area (Å²) in [6, 6.07) is 9.67. The molecule has 0 saturated carbocycles. The van der Waals surface area contributed by atoms with Gasteiger partial charge in [0, 0.05) is 10.7 Å². The molecule has 100 valence electrons. The average Bonchev–Trinajstić information content (AvgIpc) is 2.35. The van der Waals surface area contributed by atoms with Gasteiger partial charge in [0.15, 0.2) is 0 Å². The van der Waals surface area contributed by atoms with Crippen LogP contribution >= 0.6 is 11.6 Å². The number of anilines is 2. The molecule has 2 aromatic rings. The van der Waals surface area contributed by atoms with E-state index in [-0.39, 0.29) is 4.90 Å². The SMILES string of the molecule is Nc1c(F)cccc1S(=O)(=O)Nc1ccc(Cl)cc1. The van der Waals surface area contributed by atoms with E-state index in [9.17, 15) is 12.8 Å². The summed E-state index contributed by atoms with van der Waals surface area (Å²) in [4.78, 5) is -0.303. The number of benzene rings is 2. The largest absolute Gasteiger partial charge is 0.395 e. The van der Waals surface area contributed by atoms with Crippen LogP contribution in [-0.4, -0.2) is 8.42 Å². The normalized spacial score (nSPS) is 11.3. The second kappa shape index (κ2) is 5.07. The van der Waals surface area contributed by atoms with Crippen molar-refractivity contribution in [3.63, 3.8) is 0 Å². The molecule has 7 heteroatoms. The van der Waals surface area contributed by atoms with Crippen LogP contribution in [0.15, 0.2) is 47.4 Å². The van der Waals surface area contributed by atoms with Crippen LogP contribution < -0.4 is 10.5 Å². The van der Waals surface area contributed by atoms with E-state index in [1.54, 1.807) is 0 Å². The van der Waals surface area contributed by atoms with Crippen molar-refractivity contribution in [1.82, 2.24) is 0 Å². The van der Waals surface area contributed by atoms with Crippen molar-refractivity contribution in [2.75, 3.05) is 10.5 Å². The Hall–Kier alpha value is -1.79. The second-order valence-corrected chi connectivity index (χ2v) is 5.85. The van der Waals surface area contributed by atoms with Gasteiger partial charge in [0.1, 0.15) is 10.7 Å². The standard InChI is InChI=1S/C12H10ClFN2O2S/c13-8-4-6-9(7-5-8)16-19(17,18)11-3-1-2-10(14)12(11)15/h1-7,16H,15H2. The van der Waals surface area contributed by atoms with Gasteiger partial charge in [-0.3, -0.25) is 4.72 Å². The van der Waals surface area contributed by atoms with E-state index < -0.39 is 21.5 Å². The molecule has 0 aliphatic carbocycles. The molecular formula is C12H10ClFN2O2S. The summed E-state index contributed by atoms with van der Waals surface area (Å²) in [5.74, 6) is -0.779. The van der Waals surface area contributed by atoms with Crippen LogP contribution in [0.2, 0.25) is 5.02 Å². The molecule has 0 bridgehead atoms. The lowest BCUT2D eigenvalue weighted by atomic mass is 10.3. The number of nitrogens with two attached hydrogens (primary N) is 1. The first-order valence-corrected chi connectivity index (χ1v) is 7.08. The number of hydrogen-bond acceptors (Lipinski definition) is 3. The molecule has 2 rings (SSSR count). The van der Waals surface area contributed by atoms with Crippen molar-refractivity contribution in [2.45, 2.75) is 4.90 Å². The molecule has 0 amide bonds. The Labute approximate surface area is 115 Å². The number of para-hydroxylation sites is 1. The van der Waals surface area contributed by atoms with Gasteiger partial charge in [-0.25, -0.2) is 12.8 Å². The third kappa shape index (κ3) is 2.97. The molecule has 0 aliphatic heterocycles. The maximum atomic E-state index is 13.3. The highest BCUT2D eigenvalue weighted by molar-refractivity contribution is 7.92. The minimum Gasteiger partial charge on any atom is -0.395 e. The van der Waals surface area contributed by atoms with Crippen molar-refractivity contribution in [1.29, 1.82) is 0 Å². The fraction of sp³-hybridized carbons (Fsp3) is 0. The van der Waals surface area contributed by atoms with E-state index in [4.69, 9.17) is 17.3 Å². The first-order valence-electron chi connectivity index (χ1n) is 5.22. The van der Waals surface area contributed by atoms with E-state index >= 15 is 0 Å². The van der Waals surface area contributed by atoms with E-state index in [0.29, 0.717) is 10.7 Å². The number of nitrogen functional groups attached to an aromatic ring is 1. The van der Waals surface area contributed by atoms with Crippen LogP contribution in [0.25, 0.3) is 0 Å². The van der Waals surface area contributed by atoms with E-state index in [1.807, 2.05) is 0 Å². The molecular weight excluding hydrogens is 291 g/mol. The van der Waals surface area contributed by atoms with Gasteiger partial charge in [-0.1, -0.05) is 17.7 Å². The lowest BCUT2D eigenvalue weighted by Crippen LogP contribution is -2.15. The molecule has 2 aromatic carbocycles. The maximum absolute atomic E-state index is 13.3. The monoisotopic (exact) mass is 300 g/mol. The van der Waals surface area contributed by atoms with Crippen LogP contribution in [0, 0.1) is 5.82 Å². The van der Waals surface area contributed by atoms with E-state index in [1.165, 1.54) is 36.4 Å². The van der Waals surface area contributed by atoms with Gasteiger partial charge in [0.2, 0.25) is 0 Å². The van der Waals surface area contributed by atoms with E-state index in [0.717, 1.165) is 6.07 Å². The topological polar surface area (TPSA) is 72.2 Å². The zero-order valence-corrected chi connectivity index (χ0v) is 11.2. The fourth-order valence-corrected chi connectivity index (χ4v) is 2.81. The highest BCUT2D eigenvalue weighted by Gasteiger charge is 2.19. The predicted octanol–water partition coefficient (Wildman–Crippen LogP) is 2.86. The van der Waals surface area contributed by atoms with Gasteiger partial charge in [-0.15, -0.1) is 0 Å². The summed E-state index contributed by atoms with van der Waals surface area (Å²) in [6.45, 7) is 0. The quantitative estimate of drug-likeness (QED) is 0.856. The Kier molecular flexibility index (Phi) is 3.64. The molecule has 4 nitrogen and oxygen atoms in total. The Morgan fingerprint density at radius 1 is 1.11 bits per heavy atom. The van der Waals surface area contributed by atoms with E-state index in [2.05, 4.69) is 4.72 Å². The maximum Gasteiger partial charge on any atom is 0.264 e. The van der Waals surface area contributed by atoms with Gasteiger partial charge in [-0.05, 0) is 36.4 Å². The molecule has 0 unspecified atom stereocenters. The fourth-order valence-electron chi connectivity index (χ4n) is 1.48. The Bertz CT molecular complexity index is 702. The van der Waals surface area contributed by atoms with Crippen LogP contribution in [0.5, 0.6) is 0 Å². The molecule has 0 spiro atoms. The van der Waals surface area contributed by atoms with Gasteiger partial charge in [0.25, 0.3) is 10.0 Å². The summed E-state index contributed by atoms with van der Waals surface area (Å²) < 4.78 is 39.7. The lowest BCUT2D eigenvalue weighted by molar-refractivity contribution is 0.597. The Balaban J connectivity index is 2.38. The molecule has 0 atom stereocenters. The smallest absolute Gasteiger partial charge is 0.264 e. The molecule has 3 N–H and O–H groups in total. The van der Waals surface area contributed by atoms with Gasteiger partial charge < -0.3 is 5.73 Å². The third-order valence-electron chi connectivity index (χ3n) is 2.40. The summed E-state index contributed by atoms with van der Waals surface area (Å²) in [6.07, 6.45) is 0. The Morgan fingerprint density at radius 2 is 1.74 bits per heavy atom. The third-order valence-corrected chi connectivity index (χ3v) is 4.09. The number of rotatable bonds is 3. The number of sulfonamides is 1. The zero-order valence-electron chi connectivity index (χ0n) is 9.60. The van der Waals surface area contributed by atoms with Crippen molar-refractivity contribution in [2.24, 2.45) is 0 Å². The van der Waals surface area contributed by atoms with Crippen LogP contribution in [-0.2, 0) is 10.0 Å². The molecule has 0 radical (unpaired) electrons. The van der Waals surface area contributed by atoms with Crippen molar-refractivity contribution in [3.8, 4) is 0 Å². The van der Waals surface area contributed by atoms with Gasteiger partial charge in [-0.2, -0.15) is 0 Å². The molecule has 0 aromatic heterocycles. The minimum atomic E-state index is -3.94. The van der Waals surface area contributed by atoms with Crippen LogP contribution in [0.3, 0.4) is 0 Å². The molecule has 0 saturated heterocycles. The van der Waals surface area contributed by atoms with Gasteiger partial charge >= 0.3 is 0 Å². The molecule has 0 aliphatic rings. The number of hydrogen-bond donors (Lipinski definition) is 2. The second-order valence-electron chi connectivity index (χ2n) is 3.76. The number of nitrogens with one attached hydrogen (secondary N) is 1. The van der Waals surface area contributed by atoms with Crippen molar-refractivity contribution < 1.29 is 12.8 Å². The Morgan fingerprint density at radius 3 is 2.37 bits per heavy atom. The van der Waals surface area contributed by atoms with Crippen LogP contribution in [0.4, 0.5) is 15.8 Å². The van der Waals surface area contributed by atoms with Crippen molar-refractivity contribution >= 4 is 33.0 Å². The highest BCUT2D eigenvalue weighted by Crippen LogP contribution is 2.24. The average molecular weight is 301 g/mol. The first kappa shape index (κ1) is 13.6. The molecule has 0 fully saturated rings. The van der Waals surface area contributed by atoms with Crippen LogP contribution in [0.1, 0.15) is 0 Å². The zero-order chi connectivity index (χ0) is 14.0. The lowest BCUT2D eigenvalue weighted by Gasteiger charge is -2.10. The highest BCUT2D eigenvalue weighted by atomic mass is 35.5. The number of halogens is 2. The summed E-state index contributed by atoms with van der Waals surface area (Å²) in [5, 5.41) is 0.480. The minimum absolute atomic E-state index is 0.303. The summed E-state index contributed by atoms with van der Waals surface area (Å²) in [7, 11) is -3.94. The van der Waals surface area contributed by atoms with Crippen molar-refractivity contribution in [3.05, 3.63) is 53.3 Å². The first-order chi connectivity index (χ1) is 8.90. The molecule has 19 heavy (non-hydrogen) atoms. The summed E-state index contributed by atoms with van der Waals surface area (Å²) >= 11 is 5.70. The van der Waals surface area contributed by atoms with Gasteiger partial charge in [0.05, 0.1) is 5.69 Å². The summed E-state index contributed by atoms with van der Waals surface area (Å²) in [5.41, 5.74) is 5.33. The predicted molar refractivity (Wildman–Crippen MR) is 73.1 cm³/mol. The molecule has 0 heterocycles.